The Morgan fingerprint density at radius 3 is 2.50 bits per heavy atom. The van der Waals surface area contributed by atoms with E-state index >= 15 is 0 Å². The highest BCUT2D eigenvalue weighted by atomic mass is 16.3. The summed E-state index contributed by atoms with van der Waals surface area (Å²) in [6.07, 6.45) is 3.57. The number of aliphatic hydroxyl groups is 1. The third-order valence-electron chi connectivity index (χ3n) is 3.07. The Bertz CT molecular complexity index is 121. The summed E-state index contributed by atoms with van der Waals surface area (Å²) in [4.78, 5) is 2.39. The van der Waals surface area contributed by atoms with E-state index in [1.807, 2.05) is 0 Å². The van der Waals surface area contributed by atoms with E-state index in [1.165, 1.54) is 12.8 Å². The molecular formula is C8H15NO. The summed E-state index contributed by atoms with van der Waals surface area (Å²) in [6.45, 7) is 1.12. The van der Waals surface area contributed by atoms with Crippen molar-refractivity contribution in [2.24, 2.45) is 5.92 Å². The van der Waals surface area contributed by atoms with Crippen molar-refractivity contribution in [3.63, 3.8) is 0 Å². The first-order chi connectivity index (χ1) is 4.77. The maximum atomic E-state index is 9.49. The number of fused-ring (bicyclic) bond motifs is 3. The van der Waals surface area contributed by atoms with Crippen LogP contribution < -0.4 is 0 Å². The molecular weight excluding hydrogens is 126 g/mol. The van der Waals surface area contributed by atoms with E-state index in [0.717, 1.165) is 13.0 Å². The van der Waals surface area contributed by atoms with Crippen molar-refractivity contribution >= 4 is 0 Å². The molecule has 0 amide bonds. The first-order valence-corrected chi connectivity index (χ1v) is 4.15. The summed E-state index contributed by atoms with van der Waals surface area (Å²) in [5.74, 6) is 0.579. The third kappa shape index (κ3) is 0.867. The van der Waals surface area contributed by atoms with Gasteiger partial charge in [-0.15, -0.1) is 0 Å². The van der Waals surface area contributed by atoms with Gasteiger partial charge in [0.15, 0.2) is 0 Å². The Kier molecular flexibility index (Phi) is 1.46. The maximum Gasteiger partial charge on any atom is 0.0595 e. The highest BCUT2D eigenvalue weighted by molar-refractivity contribution is 4.91. The molecule has 0 aromatic heterocycles. The smallest absolute Gasteiger partial charge is 0.0595 e. The molecule has 2 saturated heterocycles. The molecule has 2 bridgehead atoms. The highest BCUT2D eigenvalue weighted by Crippen LogP contribution is 2.33. The van der Waals surface area contributed by atoms with Gasteiger partial charge in [-0.2, -0.15) is 0 Å². The molecule has 3 fully saturated rings. The Morgan fingerprint density at radius 1 is 1.40 bits per heavy atom. The number of hydrogen-bond acceptors (Lipinski definition) is 2. The average Bonchev–Trinajstić information content (AvgIpc) is 1.91. The van der Waals surface area contributed by atoms with Gasteiger partial charge in [-0.05, 0) is 32.2 Å². The molecule has 1 saturated carbocycles. The van der Waals surface area contributed by atoms with Crippen LogP contribution in [0.3, 0.4) is 0 Å². The summed E-state index contributed by atoms with van der Waals surface area (Å²) < 4.78 is 0. The van der Waals surface area contributed by atoms with Gasteiger partial charge in [0.25, 0.3) is 0 Å². The normalized spacial score (nSPS) is 48.0. The SMILES string of the molecule is CN1C[C@@H]2CC[C@H]1C[C@H]2O. The van der Waals surface area contributed by atoms with Crippen LogP contribution in [0.2, 0.25) is 0 Å². The molecule has 1 aliphatic carbocycles. The molecule has 0 aromatic rings. The van der Waals surface area contributed by atoms with Crippen LogP contribution in [0.5, 0.6) is 0 Å². The highest BCUT2D eigenvalue weighted by Gasteiger charge is 2.37. The van der Waals surface area contributed by atoms with Crippen LogP contribution in [-0.2, 0) is 0 Å². The maximum absolute atomic E-state index is 9.49. The van der Waals surface area contributed by atoms with Crippen LogP contribution in [0.25, 0.3) is 0 Å². The summed E-state index contributed by atoms with van der Waals surface area (Å²) in [5.41, 5.74) is 0. The van der Waals surface area contributed by atoms with Crippen molar-refractivity contribution in [3.8, 4) is 0 Å². The lowest BCUT2D eigenvalue weighted by atomic mass is 9.78. The molecule has 10 heavy (non-hydrogen) atoms. The minimum atomic E-state index is 0.00921. The van der Waals surface area contributed by atoms with E-state index in [9.17, 15) is 5.11 Å². The van der Waals surface area contributed by atoms with Crippen LogP contribution in [-0.4, -0.2) is 35.7 Å². The number of hydrogen-bond donors (Lipinski definition) is 1. The second kappa shape index (κ2) is 2.21. The van der Waals surface area contributed by atoms with E-state index in [0.29, 0.717) is 12.0 Å². The molecule has 0 aromatic carbocycles. The number of nitrogens with zero attached hydrogens (tertiary/aromatic N) is 1. The molecule has 2 aliphatic heterocycles. The lowest BCUT2D eigenvalue weighted by molar-refractivity contribution is -0.0379. The zero-order valence-electron chi connectivity index (χ0n) is 6.45. The van der Waals surface area contributed by atoms with E-state index in [-0.39, 0.29) is 6.10 Å². The van der Waals surface area contributed by atoms with Gasteiger partial charge in [0, 0.05) is 12.6 Å². The first-order valence-electron chi connectivity index (χ1n) is 4.15. The molecule has 58 valence electrons. The van der Waals surface area contributed by atoms with Crippen LogP contribution in [0.15, 0.2) is 0 Å². The predicted molar refractivity (Wildman–Crippen MR) is 39.8 cm³/mol. The second-order valence-corrected chi connectivity index (χ2v) is 3.73. The molecule has 2 heteroatoms. The molecule has 1 N–H and O–H groups in total. The Hall–Kier alpha value is -0.0800. The molecule has 0 spiro atoms. The van der Waals surface area contributed by atoms with Crippen molar-refractivity contribution < 1.29 is 5.11 Å². The molecule has 2 nitrogen and oxygen atoms in total. The number of aliphatic hydroxyl groups excluding tert-OH is 1. The van der Waals surface area contributed by atoms with Gasteiger partial charge in [-0.25, -0.2) is 0 Å². The predicted octanol–water partition coefficient (Wildman–Crippen LogP) is 0.461. The molecule has 0 unspecified atom stereocenters. The Balaban J connectivity index is 2.09. The monoisotopic (exact) mass is 141 g/mol. The van der Waals surface area contributed by atoms with Crippen molar-refractivity contribution in [1.29, 1.82) is 0 Å². The summed E-state index contributed by atoms with van der Waals surface area (Å²) in [5, 5.41) is 9.49. The van der Waals surface area contributed by atoms with Gasteiger partial charge in [0.1, 0.15) is 0 Å². The fourth-order valence-corrected chi connectivity index (χ4v) is 2.32. The minimum absolute atomic E-state index is 0.00921. The second-order valence-electron chi connectivity index (χ2n) is 3.73. The lowest BCUT2D eigenvalue weighted by Gasteiger charge is -2.46. The van der Waals surface area contributed by atoms with Crippen molar-refractivity contribution in [2.45, 2.75) is 31.4 Å². The molecule has 3 rings (SSSR count). The van der Waals surface area contributed by atoms with Gasteiger partial charge in [-0.1, -0.05) is 0 Å². The molecule has 3 aliphatic rings. The summed E-state index contributed by atoms with van der Waals surface area (Å²) in [7, 11) is 2.17. The van der Waals surface area contributed by atoms with E-state index in [1.54, 1.807) is 0 Å². The van der Waals surface area contributed by atoms with Gasteiger partial charge in [0.2, 0.25) is 0 Å². The topological polar surface area (TPSA) is 23.5 Å². The summed E-state index contributed by atoms with van der Waals surface area (Å²) in [6, 6.07) is 0.681. The van der Waals surface area contributed by atoms with Gasteiger partial charge >= 0.3 is 0 Å². The lowest BCUT2D eigenvalue weighted by Crippen LogP contribution is -2.52. The third-order valence-corrected chi connectivity index (χ3v) is 3.07. The van der Waals surface area contributed by atoms with Crippen LogP contribution >= 0.6 is 0 Å². The van der Waals surface area contributed by atoms with Gasteiger partial charge in [0.05, 0.1) is 6.10 Å². The van der Waals surface area contributed by atoms with Crippen molar-refractivity contribution in [3.05, 3.63) is 0 Å². The van der Waals surface area contributed by atoms with Crippen LogP contribution in [0.4, 0.5) is 0 Å². The van der Waals surface area contributed by atoms with E-state index in [4.69, 9.17) is 0 Å². The number of piperidine rings is 2. The van der Waals surface area contributed by atoms with Gasteiger partial charge < -0.3 is 10.0 Å². The van der Waals surface area contributed by atoms with Crippen molar-refractivity contribution in [1.82, 2.24) is 4.90 Å². The fraction of sp³-hybridized carbons (Fsp3) is 1.00. The zero-order chi connectivity index (χ0) is 7.14. The molecule has 3 atom stereocenters. The quantitative estimate of drug-likeness (QED) is 0.530. The van der Waals surface area contributed by atoms with Crippen molar-refractivity contribution in [2.75, 3.05) is 13.6 Å². The van der Waals surface area contributed by atoms with Gasteiger partial charge in [-0.3, -0.25) is 0 Å². The van der Waals surface area contributed by atoms with Crippen LogP contribution in [0.1, 0.15) is 19.3 Å². The Morgan fingerprint density at radius 2 is 2.20 bits per heavy atom. The first kappa shape index (κ1) is 6.62. The minimum Gasteiger partial charge on any atom is -0.393 e. The zero-order valence-corrected chi connectivity index (χ0v) is 6.45. The van der Waals surface area contributed by atoms with E-state index in [2.05, 4.69) is 11.9 Å². The van der Waals surface area contributed by atoms with E-state index < -0.39 is 0 Å². The summed E-state index contributed by atoms with van der Waals surface area (Å²) >= 11 is 0. The van der Waals surface area contributed by atoms with Crippen LogP contribution in [0, 0.1) is 5.92 Å². The Labute approximate surface area is 61.8 Å². The number of rotatable bonds is 0. The largest absolute Gasteiger partial charge is 0.393 e. The standard InChI is InChI=1S/C8H15NO/c1-9-5-6-2-3-7(9)4-8(6)10/h6-8,10H,2-5H2,1H3/t6-,7-,8+/m0/s1. The molecule has 2 heterocycles. The molecule has 0 radical (unpaired) electrons. The average molecular weight is 141 g/mol. The fourth-order valence-electron chi connectivity index (χ4n) is 2.32.